The van der Waals surface area contributed by atoms with Gasteiger partial charge in [-0.05, 0) is 37.0 Å². The van der Waals surface area contributed by atoms with Gasteiger partial charge in [0.05, 0.1) is 7.11 Å². The minimum atomic E-state index is -4.70. The molecule has 0 aliphatic carbocycles. The van der Waals surface area contributed by atoms with Crippen LogP contribution in [0, 0.1) is 5.92 Å². The van der Waals surface area contributed by atoms with E-state index >= 15 is 0 Å². The number of alkyl halides is 3. The van der Waals surface area contributed by atoms with Crippen molar-refractivity contribution in [3.05, 3.63) is 42.1 Å². The Morgan fingerprint density at radius 3 is 2.53 bits per heavy atom. The molecule has 10 heteroatoms. The van der Waals surface area contributed by atoms with Crippen molar-refractivity contribution < 1.29 is 27.4 Å². The first kappa shape index (κ1) is 21.7. The van der Waals surface area contributed by atoms with E-state index in [1.807, 2.05) is 4.90 Å². The molecular weight excluding hydrogens is 401 g/mol. The van der Waals surface area contributed by atoms with E-state index in [1.165, 1.54) is 12.1 Å². The smallest absolute Gasteiger partial charge is 0.481 e. The summed E-state index contributed by atoms with van der Waals surface area (Å²) in [6, 6.07) is 7.32. The summed E-state index contributed by atoms with van der Waals surface area (Å²) in [6.45, 7) is 1.76. The van der Waals surface area contributed by atoms with Gasteiger partial charge in [0.2, 0.25) is 17.7 Å². The number of ether oxygens (including phenoxy) is 2. The maximum absolute atomic E-state index is 12.4. The lowest BCUT2D eigenvalue weighted by Crippen LogP contribution is -2.41. The first-order valence-corrected chi connectivity index (χ1v) is 9.58. The molecule has 0 atom stereocenters. The van der Waals surface area contributed by atoms with E-state index in [0.717, 1.165) is 5.56 Å². The van der Waals surface area contributed by atoms with Crippen LogP contribution >= 0.6 is 0 Å². The van der Waals surface area contributed by atoms with Gasteiger partial charge in [0.15, 0.2) is 0 Å². The molecule has 1 aromatic carbocycles. The molecule has 2 heterocycles. The first-order chi connectivity index (χ1) is 14.3. The number of nitrogens with zero attached hydrogens (tertiary/aromatic N) is 3. The summed E-state index contributed by atoms with van der Waals surface area (Å²) in [6.07, 6.45) is -1.16. The lowest BCUT2D eigenvalue weighted by atomic mass is 9.96. The van der Waals surface area contributed by atoms with Gasteiger partial charge in [0.1, 0.15) is 5.75 Å². The predicted octanol–water partition coefficient (Wildman–Crippen LogP) is 2.96. The third-order valence-electron chi connectivity index (χ3n) is 4.84. The van der Waals surface area contributed by atoms with Crippen LogP contribution in [0.2, 0.25) is 0 Å². The Kier molecular flexibility index (Phi) is 6.96. The molecule has 3 rings (SSSR count). The summed E-state index contributed by atoms with van der Waals surface area (Å²) in [5.74, 6) is 0.721. The third-order valence-corrected chi connectivity index (χ3v) is 4.84. The van der Waals surface area contributed by atoms with Crippen LogP contribution in [-0.2, 0) is 11.2 Å². The number of rotatable bonds is 7. The first-order valence-electron chi connectivity index (χ1n) is 9.58. The number of aromatic nitrogens is 2. The molecule has 0 unspecified atom stereocenters. The van der Waals surface area contributed by atoms with E-state index in [0.29, 0.717) is 50.7 Å². The van der Waals surface area contributed by atoms with Crippen LogP contribution in [0.15, 0.2) is 36.5 Å². The summed E-state index contributed by atoms with van der Waals surface area (Å²) >= 11 is 0. The molecule has 1 amide bonds. The minimum absolute atomic E-state index is 0.0155. The highest BCUT2D eigenvalue weighted by molar-refractivity contribution is 5.78. The normalized spacial score (nSPS) is 15.0. The summed E-state index contributed by atoms with van der Waals surface area (Å²) in [7, 11) is 1.55. The topological polar surface area (TPSA) is 76.6 Å². The van der Waals surface area contributed by atoms with Gasteiger partial charge in [0, 0.05) is 37.8 Å². The number of halogens is 3. The second-order valence-electron chi connectivity index (χ2n) is 6.89. The molecule has 7 nitrogen and oxygen atoms in total. The number of nitrogens with one attached hydrogen (secondary N) is 1. The van der Waals surface area contributed by atoms with E-state index in [1.54, 1.807) is 31.5 Å². The van der Waals surface area contributed by atoms with Crippen LogP contribution in [0.1, 0.15) is 18.4 Å². The highest BCUT2D eigenvalue weighted by atomic mass is 19.4. The molecule has 1 saturated heterocycles. The number of carbonyl (C=O) groups excluding carboxylic acids is 1. The Morgan fingerprint density at radius 2 is 1.90 bits per heavy atom. The third kappa shape index (κ3) is 6.23. The molecule has 1 aromatic heterocycles. The molecule has 1 aliphatic rings. The van der Waals surface area contributed by atoms with Crippen LogP contribution in [0.3, 0.4) is 0 Å². The lowest BCUT2D eigenvalue weighted by molar-refractivity contribution is -0.274. The number of amides is 1. The van der Waals surface area contributed by atoms with Crippen molar-refractivity contribution in [1.29, 1.82) is 0 Å². The van der Waals surface area contributed by atoms with Crippen LogP contribution in [0.4, 0.5) is 19.1 Å². The van der Waals surface area contributed by atoms with Gasteiger partial charge >= 0.3 is 6.36 Å². The fourth-order valence-corrected chi connectivity index (χ4v) is 3.27. The van der Waals surface area contributed by atoms with Gasteiger partial charge in [-0.2, -0.15) is 4.98 Å². The average molecular weight is 424 g/mol. The molecule has 2 aromatic rings. The van der Waals surface area contributed by atoms with Crippen molar-refractivity contribution in [3.63, 3.8) is 0 Å². The van der Waals surface area contributed by atoms with Crippen molar-refractivity contribution in [2.45, 2.75) is 25.6 Å². The van der Waals surface area contributed by atoms with E-state index in [2.05, 4.69) is 20.0 Å². The van der Waals surface area contributed by atoms with Gasteiger partial charge in [-0.1, -0.05) is 12.1 Å². The lowest BCUT2D eigenvalue weighted by Gasteiger charge is -2.31. The van der Waals surface area contributed by atoms with Gasteiger partial charge in [-0.15, -0.1) is 13.2 Å². The van der Waals surface area contributed by atoms with Crippen molar-refractivity contribution in [2.75, 3.05) is 31.6 Å². The van der Waals surface area contributed by atoms with Crippen molar-refractivity contribution in [1.82, 2.24) is 15.3 Å². The van der Waals surface area contributed by atoms with Crippen molar-refractivity contribution in [3.8, 4) is 11.6 Å². The van der Waals surface area contributed by atoms with E-state index in [9.17, 15) is 18.0 Å². The Morgan fingerprint density at radius 1 is 1.20 bits per heavy atom. The number of piperidine rings is 1. The average Bonchev–Trinajstić information content (AvgIpc) is 2.74. The Balaban J connectivity index is 1.41. The second-order valence-corrected chi connectivity index (χ2v) is 6.89. The number of hydrogen-bond donors (Lipinski definition) is 1. The molecule has 1 N–H and O–H groups in total. The van der Waals surface area contributed by atoms with E-state index in [4.69, 9.17) is 4.74 Å². The quantitative estimate of drug-likeness (QED) is 0.737. The molecular formula is C20H23F3N4O3. The SMILES string of the molecule is COc1ccnc(N2CCC(C(=O)NCCc3ccc(OC(F)(F)F)cc3)CC2)n1. The molecule has 162 valence electrons. The van der Waals surface area contributed by atoms with E-state index < -0.39 is 6.36 Å². The van der Waals surface area contributed by atoms with Crippen LogP contribution < -0.4 is 19.7 Å². The Labute approximate surface area is 172 Å². The largest absolute Gasteiger partial charge is 0.573 e. The molecule has 1 aliphatic heterocycles. The Hall–Kier alpha value is -3.04. The monoisotopic (exact) mass is 424 g/mol. The minimum Gasteiger partial charge on any atom is -0.481 e. The zero-order valence-corrected chi connectivity index (χ0v) is 16.5. The molecule has 0 bridgehead atoms. The molecule has 1 fully saturated rings. The Bertz CT molecular complexity index is 838. The summed E-state index contributed by atoms with van der Waals surface area (Å²) in [5.41, 5.74) is 0.815. The number of methoxy groups -OCH3 is 1. The summed E-state index contributed by atoms with van der Waals surface area (Å²) in [4.78, 5) is 23.0. The molecule has 0 saturated carbocycles. The summed E-state index contributed by atoms with van der Waals surface area (Å²) < 4.78 is 45.5. The number of hydrogen-bond acceptors (Lipinski definition) is 6. The zero-order chi connectivity index (χ0) is 21.6. The van der Waals surface area contributed by atoms with Gasteiger partial charge < -0.3 is 19.7 Å². The van der Waals surface area contributed by atoms with Crippen LogP contribution in [0.5, 0.6) is 11.6 Å². The maximum Gasteiger partial charge on any atom is 0.573 e. The standard InChI is InChI=1S/C20H23F3N4O3/c1-29-17-7-11-25-19(26-17)27-12-8-15(9-13-27)18(28)24-10-6-14-2-4-16(5-3-14)30-20(21,22)23/h2-5,7,11,15H,6,8-10,12-13H2,1H3,(H,24,28). The highest BCUT2D eigenvalue weighted by Gasteiger charge is 2.31. The fraction of sp³-hybridized carbons (Fsp3) is 0.450. The van der Waals surface area contributed by atoms with Crippen LogP contribution in [0.25, 0.3) is 0 Å². The number of carbonyl (C=O) groups is 1. The number of anilines is 1. The van der Waals surface area contributed by atoms with E-state index in [-0.39, 0.29) is 17.6 Å². The molecule has 30 heavy (non-hydrogen) atoms. The molecule has 0 radical (unpaired) electrons. The second kappa shape index (κ2) is 9.64. The highest BCUT2D eigenvalue weighted by Crippen LogP contribution is 2.23. The van der Waals surface area contributed by atoms with Crippen molar-refractivity contribution in [2.24, 2.45) is 5.92 Å². The fourth-order valence-electron chi connectivity index (χ4n) is 3.27. The molecule has 0 spiro atoms. The van der Waals surface area contributed by atoms with Crippen molar-refractivity contribution >= 4 is 11.9 Å². The van der Waals surface area contributed by atoms with Crippen LogP contribution in [-0.4, -0.2) is 49.0 Å². The van der Waals surface area contributed by atoms with Gasteiger partial charge in [-0.3, -0.25) is 4.79 Å². The maximum atomic E-state index is 12.4. The number of benzene rings is 1. The zero-order valence-electron chi connectivity index (χ0n) is 16.5. The summed E-state index contributed by atoms with van der Waals surface area (Å²) in [5, 5.41) is 2.91. The van der Waals surface area contributed by atoms with Gasteiger partial charge in [-0.25, -0.2) is 4.98 Å². The van der Waals surface area contributed by atoms with Gasteiger partial charge in [0.25, 0.3) is 0 Å². The predicted molar refractivity (Wildman–Crippen MR) is 103 cm³/mol.